The summed E-state index contributed by atoms with van der Waals surface area (Å²) >= 11 is 6.68. The summed E-state index contributed by atoms with van der Waals surface area (Å²) in [7, 11) is 0. The molecular weight excluding hydrogens is 277 g/mol. The summed E-state index contributed by atoms with van der Waals surface area (Å²) < 4.78 is 13.3. The van der Waals surface area contributed by atoms with E-state index in [0.29, 0.717) is 21.4 Å². The zero-order valence-electron chi connectivity index (χ0n) is 9.33. The summed E-state index contributed by atoms with van der Waals surface area (Å²) in [6.07, 6.45) is 0. The molecule has 3 N–H and O–H groups in total. The highest BCUT2D eigenvalue weighted by atomic mass is 35.5. The van der Waals surface area contributed by atoms with E-state index >= 15 is 0 Å². The molecule has 0 bridgehead atoms. The monoisotopic (exact) mass is 285 g/mol. The van der Waals surface area contributed by atoms with Crippen LogP contribution >= 0.6 is 23.4 Å². The van der Waals surface area contributed by atoms with Crippen molar-refractivity contribution in [2.45, 2.75) is 17.0 Å². The van der Waals surface area contributed by atoms with E-state index in [2.05, 4.69) is 9.97 Å². The Bertz CT molecular complexity index is 659. The number of H-pyrrole nitrogens is 1. The molecule has 7 heteroatoms. The van der Waals surface area contributed by atoms with E-state index < -0.39 is 5.82 Å². The zero-order chi connectivity index (χ0) is 13.3. The molecule has 0 fully saturated rings. The molecule has 18 heavy (non-hydrogen) atoms. The van der Waals surface area contributed by atoms with Crippen molar-refractivity contribution in [1.82, 2.24) is 9.97 Å². The van der Waals surface area contributed by atoms with Crippen LogP contribution in [0, 0.1) is 12.7 Å². The maximum Gasteiger partial charge on any atom is 0.251 e. The van der Waals surface area contributed by atoms with E-state index in [1.807, 2.05) is 0 Å². The summed E-state index contributed by atoms with van der Waals surface area (Å²) in [4.78, 5) is 18.4. The SMILES string of the molecule is Cc1cc(=O)[nH]c(Sc2cc(F)c(Cl)cc2N)n1. The van der Waals surface area contributed by atoms with E-state index in [9.17, 15) is 9.18 Å². The number of aromatic amines is 1. The fourth-order valence-electron chi connectivity index (χ4n) is 1.34. The Morgan fingerprint density at radius 3 is 2.83 bits per heavy atom. The van der Waals surface area contributed by atoms with E-state index in [1.54, 1.807) is 6.92 Å². The molecule has 0 saturated heterocycles. The lowest BCUT2D eigenvalue weighted by Crippen LogP contribution is -2.08. The highest BCUT2D eigenvalue weighted by Crippen LogP contribution is 2.32. The molecule has 0 aliphatic heterocycles. The van der Waals surface area contributed by atoms with Crippen molar-refractivity contribution in [2.75, 3.05) is 5.73 Å². The van der Waals surface area contributed by atoms with Crippen molar-refractivity contribution < 1.29 is 4.39 Å². The number of halogens is 2. The van der Waals surface area contributed by atoms with Crippen LogP contribution < -0.4 is 11.3 Å². The van der Waals surface area contributed by atoms with Gasteiger partial charge in [-0.25, -0.2) is 9.37 Å². The van der Waals surface area contributed by atoms with Gasteiger partial charge < -0.3 is 10.7 Å². The summed E-state index contributed by atoms with van der Waals surface area (Å²) in [6.45, 7) is 1.70. The second kappa shape index (κ2) is 4.99. The summed E-state index contributed by atoms with van der Waals surface area (Å²) in [5.74, 6) is -0.566. The van der Waals surface area contributed by atoms with E-state index in [0.717, 1.165) is 11.8 Å². The first kappa shape index (κ1) is 12.9. The standard InChI is InChI=1S/C11H9ClFN3OS/c1-5-2-10(17)16-11(15-5)18-9-4-7(13)6(12)3-8(9)14/h2-4H,14H2,1H3,(H,15,16,17). The Hall–Kier alpha value is -1.53. The molecule has 0 saturated carbocycles. The van der Waals surface area contributed by atoms with Crippen molar-refractivity contribution in [2.24, 2.45) is 0 Å². The van der Waals surface area contributed by atoms with Gasteiger partial charge in [-0.05, 0) is 30.8 Å². The Balaban J connectivity index is 2.39. The Kier molecular flexibility index (Phi) is 3.58. The second-order valence-corrected chi connectivity index (χ2v) is 5.04. The van der Waals surface area contributed by atoms with Crippen LogP contribution in [-0.4, -0.2) is 9.97 Å². The number of nitrogens with one attached hydrogen (secondary N) is 1. The molecule has 0 aliphatic rings. The summed E-state index contributed by atoms with van der Waals surface area (Å²) in [5, 5.41) is 0.316. The van der Waals surface area contributed by atoms with E-state index in [4.69, 9.17) is 17.3 Å². The zero-order valence-corrected chi connectivity index (χ0v) is 10.9. The molecule has 0 aliphatic carbocycles. The smallest absolute Gasteiger partial charge is 0.251 e. The lowest BCUT2D eigenvalue weighted by atomic mass is 10.3. The molecule has 1 heterocycles. The first-order valence-electron chi connectivity index (χ1n) is 4.96. The third-order valence-electron chi connectivity index (χ3n) is 2.11. The number of hydrogen-bond donors (Lipinski definition) is 2. The lowest BCUT2D eigenvalue weighted by molar-refractivity contribution is 0.625. The molecule has 2 rings (SSSR count). The van der Waals surface area contributed by atoms with Crippen LogP contribution in [0.3, 0.4) is 0 Å². The average Bonchev–Trinajstić information content (AvgIpc) is 2.24. The number of aryl methyl sites for hydroxylation is 1. The fourth-order valence-corrected chi connectivity index (χ4v) is 2.40. The Morgan fingerprint density at radius 1 is 1.44 bits per heavy atom. The average molecular weight is 286 g/mol. The number of hydrogen-bond acceptors (Lipinski definition) is 4. The van der Waals surface area contributed by atoms with E-state index in [1.165, 1.54) is 18.2 Å². The topological polar surface area (TPSA) is 71.8 Å². The molecular formula is C11H9ClFN3OS. The van der Waals surface area contributed by atoms with Crippen LogP contribution in [0.2, 0.25) is 5.02 Å². The molecule has 94 valence electrons. The van der Waals surface area contributed by atoms with Crippen LogP contribution in [-0.2, 0) is 0 Å². The minimum atomic E-state index is -0.566. The molecule has 0 atom stereocenters. The van der Waals surface area contributed by atoms with Gasteiger partial charge in [0.15, 0.2) is 5.16 Å². The Morgan fingerprint density at radius 2 is 2.17 bits per heavy atom. The predicted octanol–water partition coefficient (Wildman–Crippen LogP) is 2.60. The summed E-state index contributed by atoms with van der Waals surface area (Å²) in [5.41, 5.74) is 6.36. The van der Waals surface area contributed by atoms with Crippen molar-refractivity contribution in [1.29, 1.82) is 0 Å². The minimum absolute atomic E-state index is 0.0393. The molecule has 1 aromatic carbocycles. The van der Waals surface area contributed by atoms with Gasteiger partial charge in [-0.2, -0.15) is 0 Å². The molecule has 4 nitrogen and oxygen atoms in total. The van der Waals surface area contributed by atoms with Gasteiger partial charge in [-0.15, -0.1) is 0 Å². The largest absolute Gasteiger partial charge is 0.398 e. The van der Waals surface area contributed by atoms with Gasteiger partial charge in [0.25, 0.3) is 5.56 Å². The molecule has 0 unspecified atom stereocenters. The van der Waals surface area contributed by atoms with E-state index in [-0.39, 0.29) is 10.6 Å². The van der Waals surface area contributed by atoms with Gasteiger partial charge >= 0.3 is 0 Å². The van der Waals surface area contributed by atoms with Gasteiger partial charge in [0.1, 0.15) is 5.82 Å². The first-order chi connectivity index (χ1) is 8.45. The molecule has 0 radical (unpaired) electrons. The van der Waals surface area contributed by atoms with Crippen molar-refractivity contribution in [3.05, 3.63) is 45.1 Å². The fraction of sp³-hybridized carbons (Fsp3) is 0.0909. The number of rotatable bonds is 2. The molecule has 0 spiro atoms. The second-order valence-electron chi connectivity index (χ2n) is 3.60. The quantitative estimate of drug-likeness (QED) is 0.657. The van der Waals surface area contributed by atoms with Crippen molar-refractivity contribution in [3.63, 3.8) is 0 Å². The van der Waals surface area contributed by atoms with Crippen molar-refractivity contribution in [3.8, 4) is 0 Å². The number of nitrogen functional groups attached to an aromatic ring is 1. The van der Waals surface area contributed by atoms with Crippen LogP contribution in [0.25, 0.3) is 0 Å². The highest BCUT2D eigenvalue weighted by Gasteiger charge is 2.09. The van der Waals surface area contributed by atoms with Crippen molar-refractivity contribution >= 4 is 29.1 Å². The maximum atomic E-state index is 13.3. The van der Waals surface area contributed by atoms with Crippen LogP contribution in [0.5, 0.6) is 0 Å². The maximum absolute atomic E-state index is 13.3. The minimum Gasteiger partial charge on any atom is -0.398 e. The molecule has 2 aromatic rings. The number of nitrogens with zero attached hydrogens (tertiary/aromatic N) is 1. The highest BCUT2D eigenvalue weighted by molar-refractivity contribution is 7.99. The van der Waals surface area contributed by atoms with Crippen LogP contribution in [0.4, 0.5) is 10.1 Å². The van der Waals surface area contributed by atoms with Gasteiger partial charge in [-0.3, -0.25) is 4.79 Å². The number of anilines is 1. The molecule has 1 aromatic heterocycles. The number of aromatic nitrogens is 2. The number of benzene rings is 1. The predicted molar refractivity (Wildman–Crippen MR) is 69.5 cm³/mol. The van der Waals surface area contributed by atoms with Gasteiger partial charge in [0.05, 0.1) is 5.02 Å². The summed E-state index contributed by atoms with van der Waals surface area (Å²) in [6, 6.07) is 3.91. The third-order valence-corrected chi connectivity index (χ3v) is 3.36. The third kappa shape index (κ3) is 2.83. The Labute approximate surface area is 111 Å². The van der Waals surface area contributed by atoms with Crippen LogP contribution in [0.15, 0.2) is 33.0 Å². The lowest BCUT2D eigenvalue weighted by Gasteiger charge is -2.06. The molecule has 0 amide bonds. The van der Waals surface area contributed by atoms with Gasteiger partial charge in [0, 0.05) is 22.3 Å². The van der Waals surface area contributed by atoms with Gasteiger partial charge in [-0.1, -0.05) is 11.6 Å². The first-order valence-corrected chi connectivity index (χ1v) is 6.15. The van der Waals surface area contributed by atoms with Gasteiger partial charge in [0.2, 0.25) is 0 Å². The van der Waals surface area contributed by atoms with Crippen LogP contribution in [0.1, 0.15) is 5.69 Å². The normalized spacial score (nSPS) is 10.6. The number of nitrogens with two attached hydrogens (primary N) is 1.